The molecule has 186 valence electrons. The highest BCUT2D eigenvalue weighted by Gasteiger charge is 2.54. The maximum atomic E-state index is 13.7. The monoisotopic (exact) mass is 603 g/mol. The third-order valence-corrected chi connectivity index (χ3v) is 8.55. The molecule has 5 rings (SSSR count). The van der Waals surface area contributed by atoms with E-state index >= 15 is 0 Å². The fourth-order valence-electron chi connectivity index (χ4n) is 6.00. The molecule has 2 fully saturated rings. The summed E-state index contributed by atoms with van der Waals surface area (Å²) in [7, 11) is 3.36. The molecule has 35 heavy (non-hydrogen) atoms. The van der Waals surface area contributed by atoms with E-state index in [-0.39, 0.29) is 11.6 Å². The van der Waals surface area contributed by atoms with Crippen LogP contribution in [0.4, 0.5) is 4.79 Å². The molecule has 3 aliphatic rings. The molecule has 0 aromatic heterocycles. The van der Waals surface area contributed by atoms with Crippen LogP contribution in [0.3, 0.4) is 0 Å². The van der Waals surface area contributed by atoms with E-state index in [1.165, 1.54) is 5.56 Å². The quantitative estimate of drug-likeness (QED) is 0.422. The van der Waals surface area contributed by atoms with E-state index in [9.17, 15) is 4.79 Å². The summed E-state index contributed by atoms with van der Waals surface area (Å²) in [6.07, 6.45) is 4.88. The number of carbonyl (C=O) groups excluding carboxylic acids is 1. The number of rotatable bonds is 5. The van der Waals surface area contributed by atoms with E-state index in [0.29, 0.717) is 13.1 Å². The van der Waals surface area contributed by atoms with Crippen LogP contribution in [0.25, 0.3) is 0 Å². The third kappa shape index (κ3) is 4.38. The fraction of sp³-hybridized carbons (Fsp3) is 0.444. The van der Waals surface area contributed by atoms with E-state index in [1.807, 2.05) is 17.0 Å². The number of hydrogen-bond donors (Lipinski definition) is 0. The average Bonchev–Trinajstić information content (AvgIpc) is 2.95. The van der Waals surface area contributed by atoms with Crippen molar-refractivity contribution >= 4 is 37.9 Å². The average molecular weight is 605 g/mol. The zero-order chi connectivity index (χ0) is 24.7. The molecule has 2 aromatic carbocycles. The van der Waals surface area contributed by atoms with E-state index in [1.54, 1.807) is 14.2 Å². The van der Waals surface area contributed by atoms with Crippen LogP contribution in [0, 0.1) is 0 Å². The number of likely N-dealkylation sites (tertiary alicyclic amines) is 1. The second-order valence-corrected chi connectivity index (χ2v) is 11.3. The fourth-order valence-corrected chi connectivity index (χ4v) is 7.39. The van der Waals surface area contributed by atoms with E-state index in [0.717, 1.165) is 76.2 Å². The second kappa shape index (κ2) is 9.79. The molecule has 0 N–H and O–H groups in total. The third-order valence-electron chi connectivity index (χ3n) is 7.63. The van der Waals surface area contributed by atoms with Gasteiger partial charge in [0.25, 0.3) is 0 Å². The Balaban J connectivity index is 1.42. The molecule has 0 saturated carbocycles. The molecule has 1 spiro atoms. The van der Waals surface area contributed by atoms with E-state index in [4.69, 9.17) is 9.47 Å². The number of halogens is 2. The lowest BCUT2D eigenvalue weighted by Gasteiger charge is -2.44. The maximum absolute atomic E-state index is 13.7. The Labute approximate surface area is 224 Å². The molecule has 0 unspecified atom stereocenters. The predicted molar refractivity (Wildman–Crippen MR) is 144 cm³/mol. The molecule has 6 nitrogen and oxygen atoms in total. The number of methoxy groups -OCH3 is 2. The summed E-state index contributed by atoms with van der Waals surface area (Å²) in [6, 6.07) is 10.5. The van der Waals surface area contributed by atoms with Crippen LogP contribution in [0.15, 0.2) is 51.1 Å². The number of piperidine rings is 1. The lowest BCUT2D eigenvalue weighted by Crippen LogP contribution is -2.53. The number of urea groups is 1. The summed E-state index contributed by atoms with van der Waals surface area (Å²) in [5, 5.41) is 0. The lowest BCUT2D eigenvalue weighted by atomic mass is 9.83. The van der Waals surface area contributed by atoms with Gasteiger partial charge in [0, 0.05) is 52.5 Å². The van der Waals surface area contributed by atoms with Crippen molar-refractivity contribution in [2.75, 3.05) is 33.9 Å². The number of amides is 2. The van der Waals surface area contributed by atoms with Gasteiger partial charge in [-0.1, -0.05) is 37.9 Å². The van der Waals surface area contributed by atoms with Gasteiger partial charge in [-0.15, -0.1) is 0 Å². The summed E-state index contributed by atoms with van der Waals surface area (Å²) in [5.74, 6) is 1.58. The number of allylic oxidation sites excluding steroid dienone is 1. The van der Waals surface area contributed by atoms with Crippen LogP contribution in [-0.2, 0) is 19.5 Å². The molecule has 3 aliphatic heterocycles. The molecule has 0 radical (unpaired) electrons. The van der Waals surface area contributed by atoms with Crippen molar-refractivity contribution in [1.82, 2.24) is 14.7 Å². The smallest absolute Gasteiger partial charge is 0.325 e. The van der Waals surface area contributed by atoms with Crippen molar-refractivity contribution in [3.05, 3.63) is 67.7 Å². The molecule has 0 atom stereocenters. The summed E-state index contributed by atoms with van der Waals surface area (Å²) >= 11 is 7.21. The van der Waals surface area contributed by atoms with Crippen LogP contribution in [0.1, 0.15) is 36.5 Å². The van der Waals surface area contributed by atoms with Gasteiger partial charge in [-0.25, -0.2) is 4.79 Å². The van der Waals surface area contributed by atoms with Gasteiger partial charge < -0.3 is 14.4 Å². The predicted octanol–water partition coefficient (Wildman–Crippen LogP) is 5.96. The zero-order valence-electron chi connectivity index (χ0n) is 20.4. The molecular weight excluding hydrogens is 574 g/mol. The minimum Gasteiger partial charge on any atom is -0.497 e. The minimum atomic E-state index is -0.250. The van der Waals surface area contributed by atoms with Gasteiger partial charge >= 0.3 is 6.03 Å². The Morgan fingerprint density at radius 1 is 1.00 bits per heavy atom. The van der Waals surface area contributed by atoms with Crippen LogP contribution in [-0.4, -0.2) is 60.1 Å². The van der Waals surface area contributed by atoms with Gasteiger partial charge in [-0.3, -0.25) is 9.80 Å². The first-order valence-corrected chi connectivity index (χ1v) is 13.7. The molecule has 0 bridgehead atoms. The maximum Gasteiger partial charge on any atom is 0.325 e. The Bertz CT molecular complexity index is 1150. The van der Waals surface area contributed by atoms with E-state index < -0.39 is 0 Å². The molecule has 0 aliphatic carbocycles. The summed E-state index contributed by atoms with van der Waals surface area (Å²) in [6.45, 7) is 6.14. The van der Waals surface area contributed by atoms with Gasteiger partial charge in [0.05, 0.1) is 26.3 Å². The first-order valence-electron chi connectivity index (χ1n) is 12.1. The van der Waals surface area contributed by atoms with Crippen LogP contribution in [0.2, 0.25) is 0 Å². The number of nitrogens with zero attached hydrogens (tertiary/aromatic N) is 3. The van der Waals surface area contributed by atoms with Crippen molar-refractivity contribution in [2.45, 2.75) is 44.8 Å². The highest BCUT2D eigenvalue weighted by molar-refractivity contribution is 9.11. The Morgan fingerprint density at radius 2 is 1.71 bits per heavy atom. The summed E-state index contributed by atoms with van der Waals surface area (Å²) in [5.41, 5.74) is 4.42. The number of fused-ring (bicyclic) bond motifs is 3. The van der Waals surface area contributed by atoms with Crippen LogP contribution < -0.4 is 9.47 Å². The van der Waals surface area contributed by atoms with Gasteiger partial charge in [0.15, 0.2) is 0 Å². The standard InChI is InChI=1S/C27H31Br2N3O3/c1-4-32-26(33)31-17-19-13-22(34-2)15-24(35-3)23(19)5-6-25(31)27(32)7-9-30(10-8-27)16-18-11-20(28)14-21(29)12-18/h6,11-15H,4-5,7-10,16-17H2,1-3H3. The largest absolute Gasteiger partial charge is 0.497 e. The van der Waals surface area contributed by atoms with Crippen LogP contribution >= 0.6 is 31.9 Å². The first kappa shape index (κ1) is 24.7. The Hall–Kier alpha value is -2.03. The molecule has 8 heteroatoms. The van der Waals surface area contributed by atoms with Crippen molar-refractivity contribution in [3.63, 3.8) is 0 Å². The Kier molecular flexibility index (Phi) is 6.90. The molecule has 2 aromatic rings. The number of benzene rings is 2. The number of carbonyl (C=O) groups is 1. The second-order valence-electron chi connectivity index (χ2n) is 9.46. The van der Waals surface area contributed by atoms with Crippen molar-refractivity contribution in [2.24, 2.45) is 0 Å². The number of likely N-dealkylation sites (N-methyl/N-ethyl adjacent to an activating group) is 1. The SMILES string of the molecule is CCN1C(=O)N2Cc3cc(OC)cc(OC)c3CC=C2C12CCN(Cc1cc(Br)cc(Br)c1)CC2. The van der Waals surface area contributed by atoms with Crippen molar-refractivity contribution in [1.29, 1.82) is 0 Å². The summed E-state index contributed by atoms with van der Waals surface area (Å²) < 4.78 is 13.4. The zero-order valence-corrected chi connectivity index (χ0v) is 23.6. The molecule has 3 heterocycles. The molecular formula is C27H31Br2N3O3. The highest BCUT2D eigenvalue weighted by Crippen LogP contribution is 2.47. The topological polar surface area (TPSA) is 45.3 Å². The molecule has 2 amide bonds. The Morgan fingerprint density at radius 3 is 2.34 bits per heavy atom. The first-order chi connectivity index (χ1) is 16.9. The lowest BCUT2D eigenvalue weighted by molar-refractivity contribution is 0.0889. The van der Waals surface area contributed by atoms with Gasteiger partial charge in [-0.2, -0.15) is 0 Å². The number of ether oxygens (including phenoxy) is 2. The summed E-state index contributed by atoms with van der Waals surface area (Å²) in [4.78, 5) is 20.3. The van der Waals surface area contributed by atoms with E-state index in [2.05, 4.69) is 72.9 Å². The minimum absolute atomic E-state index is 0.109. The van der Waals surface area contributed by atoms with Crippen molar-refractivity contribution in [3.8, 4) is 11.5 Å². The normalized spacial score (nSPS) is 19.3. The highest BCUT2D eigenvalue weighted by atomic mass is 79.9. The van der Waals surface area contributed by atoms with Crippen LogP contribution in [0.5, 0.6) is 11.5 Å². The van der Waals surface area contributed by atoms with Gasteiger partial charge in [0.1, 0.15) is 11.5 Å². The number of hydrogen-bond acceptors (Lipinski definition) is 4. The van der Waals surface area contributed by atoms with Crippen molar-refractivity contribution < 1.29 is 14.3 Å². The molecule has 2 saturated heterocycles. The van der Waals surface area contributed by atoms with Gasteiger partial charge in [0.2, 0.25) is 0 Å². The van der Waals surface area contributed by atoms with Gasteiger partial charge in [-0.05, 0) is 61.6 Å².